The standard InChI is InChI=1S/C13H15N3.C13H21N.C2H6/c1-10(2)13-12(9-15-16-13)14-8-11-6-4-3-5-7-11;1-4-10-14(11-5-2)13-8-6-12(3)7-9-13;1-2/h3-7,9,14H,1,8H2,2H3,(H,15,16);6-9H,4-5,10-11H2,1-3H3;1-2H3. The van der Waals surface area contributed by atoms with Gasteiger partial charge in [-0.3, -0.25) is 5.10 Å². The van der Waals surface area contributed by atoms with E-state index in [1.165, 1.54) is 29.7 Å². The number of aryl methyl sites for hydroxylation is 1. The molecule has 3 aromatic rings. The maximum Gasteiger partial charge on any atom is 0.0833 e. The summed E-state index contributed by atoms with van der Waals surface area (Å²) in [6, 6.07) is 19.1. The van der Waals surface area contributed by atoms with Gasteiger partial charge in [0.2, 0.25) is 0 Å². The average Bonchev–Trinajstić information content (AvgIpc) is 3.30. The highest BCUT2D eigenvalue weighted by Gasteiger charge is 2.04. The molecule has 3 rings (SSSR count). The summed E-state index contributed by atoms with van der Waals surface area (Å²) in [5, 5.41) is 10.3. The van der Waals surface area contributed by atoms with Crippen LogP contribution in [0.2, 0.25) is 0 Å². The predicted molar refractivity (Wildman–Crippen MR) is 142 cm³/mol. The van der Waals surface area contributed by atoms with Gasteiger partial charge in [-0.05, 0) is 50.0 Å². The van der Waals surface area contributed by atoms with E-state index in [1.807, 2.05) is 39.0 Å². The highest BCUT2D eigenvalue weighted by atomic mass is 15.1. The van der Waals surface area contributed by atoms with Crippen LogP contribution in [0.4, 0.5) is 11.4 Å². The van der Waals surface area contributed by atoms with Gasteiger partial charge in [0.1, 0.15) is 0 Å². The molecule has 32 heavy (non-hydrogen) atoms. The highest BCUT2D eigenvalue weighted by Crippen LogP contribution is 2.19. The van der Waals surface area contributed by atoms with Crippen molar-refractivity contribution in [1.29, 1.82) is 0 Å². The average molecular weight is 435 g/mol. The van der Waals surface area contributed by atoms with Crippen LogP contribution in [-0.4, -0.2) is 23.3 Å². The van der Waals surface area contributed by atoms with Gasteiger partial charge >= 0.3 is 0 Å². The van der Waals surface area contributed by atoms with Crippen molar-refractivity contribution in [3.63, 3.8) is 0 Å². The molecule has 0 saturated carbocycles. The minimum absolute atomic E-state index is 0.792. The third kappa shape index (κ3) is 9.42. The quantitative estimate of drug-likeness (QED) is 0.362. The molecule has 0 bridgehead atoms. The molecular formula is C28H42N4. The lowest BCUT2D eigenvalue weighted by Gasteiger charge is -2.23. The first-order valence-corrected chi connectivity index (χ1v) is 11.8. The first-order valence-electron chi connectivity index (χ1n) is 11.8. The van der Waals surface area contributed by atoms with Gasteiger partial charge in [0, 0.05) is 25.3 Å². The van der Waals surface area contributed by atoms with E-state index in [2.05, 4.69) is 84.2 Å². The molecule has 0 amide bonds. The van der Waals surface area contributed by atoms with Crippen LogP contribution in [0.5, 0.6) is 0 Å². The van der Waals surface area contributed by atoms with Crippen LogP contribution in [-0.2, 0) is 6.54 Å². The number of H-pyrrole nitrogens is 1. The predicted octanol–water partition coefficient (Wildman–Crippen LogP) is 7.70. The Hall–Kier alpha value is -3.01. The lowest BCUT2D eigenvalue weighted by Crippen LogP contribution is -2.24. The molecule has 0 aliphatic rings. The van der Waals surface area contributed by atoms with Crippen LogP contribution in [0.15, 0.2) is 67.4 Å². The maximum absolute atomic E-state index is 4.01. The summed E-state index contributed by atoms with van der Waals surface area (Å²) >= 11 is 0. The normalized spacial score (nSPS) is 9.69. The van der Waals surface area contributed by atoms with Gasteiger partial charge in [0.25, 0.3) is 0 Å². The Kier molecular flexibility index (Phi) is 13.3. The van der Waals surface area contributed by atoms with Crippen molar-refractivity contribution in [3.8, 4) is 0 Å². The van der Waals surface area contributed by atoms with E-state index in [0.717, 1.165) is 36.6 Å². The molecule has 2 aromatic carbocycles. The van der Waals surface area contributed by atoms with Gasteiger partial charge in [0.05, 0.1) is 17.6 Å². The number of hydrogen-bond donors (Lipinski definition) is 2. The van der Waals surface area contributed by atoms with E-state index >= 15 is 0 Å². The molecule has 1 heterocycles. The fraction of sp³-hybridized carbons (Fsp3) is 0.393. The van der Waals surface area contributed by atoms with Crippen LogP contribution in [0.1, 0.15) is 64.3 Å². The summed E-state index contributed by atoms with van der Waals surface area (Å²) in [7, 11) is 0. The topological polar surface area (TPSA) is 44.0 Å². The fourth-order valence-electron chi connectivity index (χ4n) is 3.20. The molecule has 0 saturated heterocycles. The molecule has 4 nitrogen and oxygen atoms in total. The number of anilines is 2. The van der Waals surface area contributed by atoms with Crippen LogP contribution < -0.4 is 10.2 Å². The number of aromatic nitrogens is 2. The number of hydrogen-bond acceptors (Lipinski definition) is 3. The highest BCUT2D eigenvalue weighted by molar-refractivity contribution is 5.70. The van der Waals surface area contributed by atoms with Gasteiger partial charge in [-0.15, -0.1) is 0 Å². The summed E-state index contributed by atoms with van der Waals surface area (Å²) in [5.74, 6) is 0. The van der Waals surface area contributed by atoms with Gasteiger partial charge in [-0.1, -0.05) is 82.3 Å². The zero-order chi connectivity index (χ0) is 23.8. The molecule has 0 aliphatic heterocycles. The van der Waals surface area contributed by atoms with E-state index in [0.29, 0.717) is 0 Å². The number of nitrogens with one attached hydrogen (secondary N) is 2. The van der Waals surface area contributed by atoms with Crippen LogP contribution >= 0.6 is 0 Å². The molecule has 174 valence electrons. The largest absolute Gasteiger partial charge is 0.378 e. The molecule has 4 heteroatoms. The van der Waals surface area contributed by atoms with Crippen molar-refractivity contribution in [1.82, 2.24) is 10.2 Å². The molecule has 0 unspecified atom stereocenters. The first kappa shape index (κ1) is 27.0. The third-order valence-corrected chi connectivity index (χ3v) is 4.78. The van der Waals surface area contributed by atoms with Crippen molar-refractivity contribution >= 4 is 16.9 Å². The Morgan fingerprint density at radius 3 is 2.09 bits per heavy atom. The second-order valence-corrected chi connectivity index (χ2v) is 7.60. The van der Waals surface area contributed by atoms with Crippen LogP contribution in [0.25, 0.3) is 5.57 Å². The van der Waals surface area contributed by atoms with Crippen molar-refractivity contribution < 1.29 is 0 Å². The van der Waals surface area contributed by atoms with Crippen molar-refractivity contribution in [2.45, 2.75) is 60.9 Å². The fourth-order valence-corrected chi connectivity index (χ4v) is 3.20. The van der Waals surface area contributed by atoms with Gasteiger partial charge in [0.15, 0.2) is 0 Å². The SMILES string of the molecule is C=C(C)c1[nH]ncc1NCc1ccccc1.CC.CCCN(CCC)c1ccc(C)cc1. The van der Waals surface area contributed by atoms with E-state index in [4.69, 9.17) is 0 Å². The summed E-state index contributed by atoms with van der Waals surface area (Å²) in [5.41, 5.74) is 6.89. The molecule has 0 atom stereocenters. The minimum Gasteiger partial charge on any atom is -0.378 e. The second kappa shape index (κ2) is 15.7. The van der Waals surface area contributed by atoms with E-state index in [-0.39, 0.29) is 0 Å². The lowest BCUT2D eigenvalue weighted by molar-refractivity contribution is 0.745. The van der Waals surface area contributed by atoms with E-state index < -0.39 is 0 Å². The van der Waals surface area contributed by atoms with Gasteiger partial charge < -0.3 is 10.2 Å². The van der Waals surface area contributed by atoms with Crippen molar-refractivity contribution in [2.75, 3.05) is 23.3 Å². The number of rotatable bonds is 9. The zero-order valence-electron chi connectivity index (χ0n) is 20.9. The zero-order valence-corrected chi connectivity index (χ0v) is 20.9. The van der Waals surface area contributed by atoms with E-state index in [9.17, 15) is 0 Å². The number of benzene rings is 2. The summed E-state index contributed by atoms with van der Waals surface area (Å²) < 4.78 is 0. The maximum atomic E-state index is 4.01. The Morgan fingerprint density at radius 2 is 1.56 bits per heavy atom. The molecule has 1 aromatic heterocycles. The summed E-state index contributed by atoms with van der Waals surface area (Å²) in [6.07, 6.45) is 4.22. The number of nitrogens with zero attached hydrogens (tertiary/aromatic N) is 2. The van der Waals surface area contributed by atoms with Crippen molar-refractivity contribution in [2.24, 2.45) is 0 Å². The van der Waals surface area contributed by atoms with E-state index in [1.54, 1.807) is 6.20 Å². The Morgan fingerprint density at radius 1 is 0.969 bits per heavy atom. The minimum atomic E-state index is 0.792. The Labute approximate surface area is 195 Å². The van der Waals surface area contributed by atoms with Gasteiger partial charge in [-0.2, -0.15) is 5.10 Å². The van der Waals surface area contributed by atoms with Crippen LogP contribution in [0.3, 0.4) is 0 Å². The molecule has 0 aliphatic carbocycles. The number of allylic oxidation sites excluding steroid dienone is 1. The summed E-state index contributed by atoms with van der Waals surface area (Å²) in [6.45, 7) is 19.6. The van der Waals surface area contributed by atoms with Crippen LogP contribution in [0, 0.1) is 6.92 Å². The lowest BCUT2D eigenvalue weighted by atomic mass is 10.2. The monoisotopic (exact) mass is 434 g/mol. The second-order valence-electron chi connectivity index (χ2n) is 7.60. The Bertz CT molecular complexity index is 860. The Balaban J connectivity index is 0.000000300. The third-order valence-electron chi connectivity index (χ3n) is 4.78. The smallest absolute Gasteiger partial charge is 0.0833 e. The van der Waals surface area contributed by atoms with Gasteiger partial charge in [-0.25, -0.2) is 0 Å². The molecular weight excluding hydrogens is 392 g/mol. The number of aromatic amines is 1. The first-order chi connectivity index (χ1) is 15.5. The molecule has 0 fully saturated rings. The molecule has 2 N–H and O–H groups in total. The molecule has 0 radical (unpaired) electrons. The van der Waals surface area contributed by atoms with Crippen molar-refractivity contribution in [3.05, 3.63) is 84.2 Å². The molecule has 0 spiro atoms. The summed E-state index contributed by atoms with van der Waals surface area (Å²) in [4.78, 5) is 2.46.